The normalized spacial score (nSPS) is 16.8. The summed E-state index contributed by atoms with van der Waals surface area (Å²) in [4.78, 5) is 0. The van der Waals surface area contributed by atoms with Crippen LogP contribution in [0.4, 0.5) is 18.9 Å². The molecule has 1 aromatic carbocycles. The van der Waals surface area contributed by atoms with Gasteiger partial charge in [0.1, 0.15) is 5.82 Å². The molecule has 0 unspecified atom stereocenters. The topological polar surface area (TPSA) is 12.0 Å². The minimum atomic E-state index is -1.15. The Morgan fingerprint density at radius 3 is 2.33 bits per heavy atom. The maximum Gasteiger partial charge on any atom is 0.161 e. The van der Waals surface area contributed by atoms with Crippen molar-refractivity contribution in [3.8, 4) is 0 Å². The Morgan fingerprint density at radius 2 is 1.61 bits per heavy atom. The number of halogens is 3. The predicted octanol–water partition coefficient (Wildman–Crippen LogP) is 4.49. The molecule has 0 aliphatic heterocycles. The van der Waals surface area contributed by atoms with Gasteiger partial charge in [-0.15, -0.1) is 0 Å². The van der Waals surface area contributed by atoms with Gasteiger partial charge in [0.05, 0.1) is 5.69 Å². The summed E-state index contributed by atoms with van der Waals surface area (Å²) in [6, 6.07) is 1.46. The van der Waals surface area contributed by atoms with Crippen molar-refractivity contribution in [1.82, 2.24) is 0 Å². The standard InChI is InChI=1S/C14H18F3N/c15-11-8-13(17)14(9-12(11)16)18-7-6-10-4-2-1-3-5-10/h8-10,18H,1-7H2. The highest BCUT2D eigenvalue weighted by Crippen LogP contribution is 2.26. The van der Waals surface area contributed by atoms with Crippen molar-refractivity contribution in [2.24, 2.45) is 5.92 Å². The molecule has 1 saturated carbocycles. The van der Waals surface area contributed by atoms with E-state index in [-0.39, 0.29) is 5.69 Å². The number of nitrogens with one attached hydrogen (secondary N) is 1. The molecule has 0 heterocycles. The Hall–Kier alpha value is -1.19. The van der Waals surface area contributed by atoms with Crippen molar-refractivity contribution >= 4 is 5.69 Å². The van der Waals surface area contributed by atoms with E-state index >= 15 is 0 Å². The monoisotopic (exact) mass is 257 g/mol. The van der Waals surface area contributed by atoms with Gasteiger partial charge in [-0.3, -0.25) is 0 Å². The summed E-state index contributed by atoms with van der Waals surface area (Å²) < 4.78 is 39.0. The van der Waals surface area contributed by atoms with E-state index in [1.165, 1.54) is 32.1 Å². The molecule has 0 bridgehead atoms. The van der Waals surface area contributed by atoms with Gasteiger partial charge in [-0.25, -0.2) is 13.2 Å². The Labute approximate surface area is 105 Å². The molecule has 4 heteroatoms. The Bertz CT molecular complexity index is 400. The highest BCUT2D eigenvalue weighted by molar-refractivity contribution is 5.45. The largest absolute Gasteiger partial charge is 0.383 e. The Morgan fingerprint density at radius 1 is 0.944 bits per heavy atom. The first-order chi connectivity index (χ1) is 8.66. The zero-order chi connectivity index (χ0) is 13.0. The first kappa shape index (κ1) is 13.2. The second-order valence-corrected chi connectivity index (χ2v) is 4.97. The van der Waals surface area contributed by atoms with Gasteiger partial charge in [0, 0.05) is 18.7 Å². The molecule has 0 spiro atoms. The highest BCUT2D eigenvalue weighted by Gasteiger charge is 2.14. The maximum atomic E-state index is 13.3. The average molecular weight is 257 g/mol. The van der Waals surface area contributed by atoms with Crippen molar-refractivity contribution in [2.75, 3.05) is 11.9 Å². The molecule has 1 fully saturated rings. The Kier molecular flexibility index (Phi) is 4.50. The minimum absolute atomic E-state index is 0.0460. The van der Waals surface area contributed by atoms with Crippen LogP contribution in [0.2, 0.25) is 0 Å². The van der Waals surface area contributed by atoms with Crippen molar-refractivity contribution < 1.29 is 13.2 Å². The zero-order valence-electron chi connectivity index (χ0n) is 10.3. The van der Waals surface area contributed by atoms with Crippen LogP contribution in [0.15, 0.2) is 12.1 Å². The van der Waals surface area contributed by atoms with Crippen LogP contribution in [0.1, 0.15) is 38.5 Å². The first-order valence-corrected chi connectivity index (χ1v) is 6.55. The van der Waals surface area contributed by atoms with Crippen LogP contribution in [0, 0.1) is 23.4 Å². The van der Waals surface area contributed by atoms with Crippen molar-refractivity contribution in [3.05, 3.63) is 29.6 Å². The predicted molar refractivity (Wildman–Crippen MR) is 66.0 cm³/mol. The number of anilines is 1. The summed E-state index contributed by atoms with van der Waals surface area (Å²) in [6.07, 6.45) is 7.25. The molecule has 1 aliphatic carbocycles. The third-order valence-electron chi connectivity index (χ3n) is 3.60. The highest BCUT2D eigenvalue weighted by atomic mass is 19.2. The summed E-state index contributed by atoms with van der Waals surface area (Å²) in [5.74, 6) is -2.22. The van der Waals surface area contributed by atoms with Crippen molar-refractivity contribution in [1.29, 1.82) is 0 Å². The number of benzene rings is 1. The van der Waals surface area contributed by atoms with Gasteiger partial charge in [-0.2, -0.15) is 0 Å². The van der Waals surface area contributed by atoms with E-state index in [1.807, 2.05) is 0 Å². The fourth-order valence-corrected chi connectivity index (χ4v) is 2.54. The average Bonchev–Trinajstić information content (AvgIpc) is 2.37. The van der Waals surface area contributed by atoms with Crippen LogP contribution < -0.4 is 5.32 Å². The van der Waals surface area contributed by atoms with E-state index < -0.39 is 17.5 Å². The van der Waals surface area contributed by atoms with E-state index in [4.69, 9.17) is 0 Å². The Balaban J connectivity index is 1.84. The number of rotatable bonds is 4. The molecule has 0 amide bonds. The van der Waals surface area contributed by atoms with Gasteiger partial charge in [0.2, 0.25) is 0 Å². The van der Waals surface area contributed by atoms with Crippen LogP contribution >= 0.6 is 0 Å². The SMILES string of the molecule is Fc1cc(F)c(NCCC2CCCCC2)cc1F. The van der Waals surface area contributed by atoms with Gasteiger partial charge in [0.15, 0.2) is 11.6 Å². The lowest BCUT2D eigenvalue weighted by Crippen LogP contribution is -2.13. The molecule has 100 valence electrons. The van der Waals surface area contributed by atoms with E-state index in [0.29, 0.717) is 18.5 Å². The summed E-state index contributed by atoms with van der Waals surface area (Å²) in [5.41, 5.74) is 0.0460. The van der Waals surface area contributed by atoms with Crippen molar-refractivity contribution in [3.63, 3.8) is 0 Å². The van der Waals surface area contributed by atoms with Gasteiger partial charge in [0.25, 0.3) is 0 Å². The van der Waals surface area contributed by atoms with Gasteiger partial charge in [-0.1, -0.05) is 32.1 Å². The molecule has 0 atom stereocenters. The molecule has 1 aliphatic rings. The quantitative estimate of drug-likeness (QED) is 0.784. The lowest BCUT2D eigenvalue weighted by Gasteiger charge is -2.21. The lowest BCUT2D eigenvalue weighted by atomic mass is 9.87. The second-order valence-electron chi connectivity index (χ2n) is 4.97. The third-order valence-corrected chi connectivity index (χ3v) is 3.60. The lowest BCUT2D eigenvalue weighted by molar-refractivity contribution is 0.345. The van der Waals surface area contributed by atoms with Crippen LogP contribution in [-0.4, -0.2) is 6.54 Å². The molecule has 1 nitrogen and oxygen atoms in total. The zero-order valence-corrected chi connectivity index (χ0v) is 10.3. The summed E-state index contributed by atoms with van der Waals surface area (Å²) >= 11 is 0. The van der Waals surface area contributed by atoms with Gasteiger partial charge < -0.3 is 5.32 Å². The summed E-state index contributed by atoms with van der Waals surface area (Å²) in [7, 11) is 0. The molecular weight excluding hydrogens is 239 g/mol. The van der Waals surface area contributed by atoms with E-state index in [9.17, 15) is 13.2 Å². The first-order valence-electron chi connectivity index (χ1n) is 6.55. The fourth-order valence-electron chi connectivity index (χ4n) is 2.54. The molecule has 0 saturated heterocycles. The van der Waals surface area contributed by atoms with Crippen LogP contribution in [0.5, 0.6) is 0 Å². The smallest absolute Gasteiger partial charge is 0.161 e. The van der Waals surface area contributed by atoms with Gasteiger partial charge in [-0.05, 0) is 12.3 Å². The molecule has 1 N–H and O–H groups in total. The molecule has 0 radical (unpaired) electrons. The minimum Gasteiger partial charge on any atom is -0.383 e. The molecule has 2 rings (SSSR count). The molecule has 18 heavy (non-hydrogen) atoms. The summed E-state index contributed by atoms with van der Waals surface area (Å²) in [5, 5.41) is 2.85. The van der Waals surface area contributed by atoms with E-state index in [1.54, 1.807) is 0 Å². The number of hydrogen-bond donors (Lipinski definition) is 1. The second kappa shape index (κ2) is 6.12. The number of hydrogen-bond acceptors (Lipinski definition) is 1. The summed E-state index contributed by atoms with van der Waals surface area (Å²) in [6.45, 7) is 0.604. The van der Waals surface area contributed by atoms with Gasteiger partial charge >= 0.3 is 0 Å². The van der Waals surface area contributed by atoms with Crippen molar-refractivity contribution in [2.45, 2.75) is 38.5 Å². The van der Waals surface area contributed by atoms with Crippen LogP contribution in [-0.2, 0) is 0 Å². The van der Waals surface area contributed by atoms with Crippen LogP contribution in [0.25, 0.3) is 0 Å². The van der Waals surface area contributed by atoms with E-state index in [2.05, 4.69) is 5.32 Å². The van der Waals surface area contributed by atoms with E-state index in [0.717, 1.165) is 12.5 Å². The molecular formula is C14H18F3N. The molecule has 1 aromatic rings. The molecule has 0 aromatic heterocycles. The fraction of sp³-hybridized carbons (Fsp3) is 0.571. The maximum absolute atomic E-state index is 13.3. The van der Waals surface area contributed by atoms with Crippen LogP contribution in [0.3, 0.4) is 0 Å². The third kappa shape index (κ3) is 3.40.